The molecule has 0 saturated carbocycles. The zero-order valence-electron chi connectivity index (χ0n) is 22.6. The van der Waals surface area contributed by atoms with E-state index in [9.17, 15) is 14.0 Å². The zero-order valence-corrected chi connectivity index (χ0v) is 23.4. The zero-order chi connectivity index (χ0) is 29.1. The van der Waals surface area contributed by atoms with Crippen LogP contribution < -0.4 is 16.8 Å². The van der Waals surface area contributed by atoms with E-state index >= 15 is 0 Å². The second-order valence-electron chi connectivity index (χ2n) is 10.9. The van der Waals surface area contributed by atoms with Crippen molar-refractivity contribution in [3.8, 4) is 11.5 Å². The van der Waals surface area contributed by atoms with Gasteiger partial charge in [-0.3, -0.25) is 14.3 Å². The standard InChI is InChI=1S/C29H27FN8O2S/c1-28(2,25(32)39)12-16-14-41-27(33-16)29(3)20-22(31)34-24(35-23(20)36-26(29)40)21-17-9-5-7-11-19(17)38(37-21)13-15-8-4-6-10-18(15)30/h4-11,14H,12-13H2,1-3H3,(H2,32,39)(H3,31,34,35,36,40)/t29-/m0/s1. The Morgan fingerprint density at radius 1 is 1.12 bits per heavy atom. The smallest absolute Gasteiger partial charge is 0.243 e. The van der Waals surface area contributed by atoms with E-state index in [0.29, 0.717) is 33.9 Å². The van der Waals surface area contributed by atoms with E-state index in [4.69, 9.17) is 16.6 Å². The fourth-order valence-corrected chi connectivity index (χ4v) is 6.06. The molecule has 0 bridgehead atoms. The molecule has 0 unspecified atom stereocenters. The minimum atomic E-state index is -1.23. The summed E-state index contributed by atoms with van der Waals surface area (Å²) in [5, 5.41) is 10.7. The number of thiazole rings is 1. The summed E-state index contributed by atoms with van der Waals surface area (Å²) >= 11 is 1.30. The first-order chi connectivity index (χ1) is 19.5. The van der Waals surface area contributed by atoms with E-state index in [-0.39, 0.29) is 35.7 Å². The molecule has 5 N–H and O–H groups in total. The van der Waals surface area contributed by atoms with Gasteiger partial charge >= 0.3 is 0 Å². The lowest BCUT2D eigenvalue weighted by molar-refractivity contribution is -0.126. The van der Waals surface area contributed by atoms with Crippen LogP contribution in [0.15, 0.2) is 53.9 Å². The van der Waals surface area contributed by atoms with Crippen molar-refractivity contribution in [3.05, 3.63) is 81.6 Å². The number of amides is 2. The van der Waals surface area contributed by atoms with Gasteiger partial charge in [0, 0.05) is 28.2 Å². The number of nitrogens with zero attached hydrogens (tertiary/aromatic N) is 5. The molecule has 0 aliphatic carbocycles. The largest absolute Gasteiger partial charge is 0.383 e. The number of anilines is 2. The lowest BCUT2D eigenvalue weighted by Gasteiger charge is -2.21. The Kier molecular flexibility index (Phi) is 6.11. The normalized spacial score (nSPS) is 16.6. The summed E-state index contributed by atoms with van der Waals surface area (Å²) in [4.78, 5) is 39.2. The number of halogens is 1. The maximum atomic E-state index is 14.4. The van der Waals surface area contributed by atoms with Crippen molar-refractivity contribution in [2.45, 2.75) is 39.2 Å². The maximum absolute atomic E-state index is 14.4. The predicted molar refractivity (Wildman–Crippen MR) is 155 cm³/mol. The lowest BCUT2D eigenvalue weighted by atomic mass is 9.84. The molecule has 1 atom stereocenters. The van der Waals surface area contributed by atoms with E-state index in [1.807, 2.05) is 29.6 Å². The van der Waals surface area contributed by atoms with E-state index in [0.717, 1.165) is 10.9 Å². The Hall–Kier alpha value is -4.71. The fraction of sp³-hybridized carbons (Fsp3) is 0.241. The Morgan fingerprint density at radius 3 is 2.61 bits per heavy atom. The Balaban J connectivity index is 1.41. The van der Waals surface area contributed by atoms with E-state index in [2.05, 4.69) is 20.3 Å². The molecule has 2 amide bonds. The Labute approximate surface area is 238 Å². The molecule has 0 fully saturated rings. The Morgan fingerprint density at radius 2 is 1.85 bits per heavy atom. The molecule has 1 aliphatic heterocycles. The highest BCUT2D eigenvalue weighted by molar-refractivity contribution is 7.10. The van der Waals surface area contributed by atoms with Crippen molar-refractivity contribution >= 4 is 45.7 Å². The van der Waals surface area contributed by atoms with Gasteiger partial charge in [-0.2, -0.15) is 5.10 Å². The van der Waals surface area contributed by atoms with Crippen molar-refractivity contribution in [3.63, 3.8) is 0 Å². The molecule has 0 radical (unpaired) electrons. The van der Waals surface area contributed by atoms with Crippen molar-refractivity contribution < 1.29 is 14.0 Å². The molecule has 208 valence electrons. The number of primary amides is 1. The number of fused-ring (bicyclic) bond motifs is 2. The molecule has 2 aromatic carbocycles. The predicted octanol–water partition coefficient (Wildman–Crippen LogP) is 4.03. The number of para-hydroxylation sites is 1. The quantitative estimate of drug-likeness (QED) is 0.267. The van der Waals surface area contributed by atoms with Crippen LogP contribution in [0.25, 0.3) is 22.4 Å². The third kappa shape index (κ3) is 4.31. The summed E-state index contributed by atoms with van der Waals surface area (Å²) < 4.78 is 16.1. The molecular weight excluding hydrogens is 543 g/mol. The summed E-state index contributed by atoms with van der Waals surface area (Å²) in [6, 6.07) is 14.1. The van der Waals surface area contributed by atoms with Gasteiger partial charge < -0.3 is 16.8 Å². The molecule has 5 aromatic rings. The molecule has 41 heavy (non-hydrogen) atoms. The van der Waals surface area contributed by atoms with Crippen molar-refractivity contribution in [2.75, 3.05) is 11.1 Å². The highest BCUT2D eigenvalue weighted by Crippen LogP contribution is 2.46. The third-order valence-corrected chi connectivity index (χ3v) is 8.65. The SMILES string of the molecule is CC(C)(Cc1csc([C@]2(C)C(=O)Nc3nc(-c4nn(Cc5ccccc5F)c5ccccc45)nc(N)c32)n1)C(N)=O. The molecule has 3 aromatic heterocycles. The second-order valence-corrected chi connectivity index (χ2v) is 11.8. The lowest BCUT2D eigenvalue weighted by Crippen LogP contribution is -2.34. The van der Waals surface area contributed by atoms with Crippen LogP contribution in [0.3, 0.4) is 0 Å². The number of aromatic nitrogens is 5. The van der Waals surface area contributed by atoms with Gasteiger partial charge in [0.2, 0.25) is 11.8 Å². The highest BCUT2D eigenvalue weighted by Gasteiger charge is 2.50. The number of nitrogens with two attached hydrogens (primary N) is 2. The highest BCUT2D eigenvalue weighted by atomic mass is 32.1. The van der Waals surface area contributed by atoms with Gasteiger partial charge in [0.25, 0.3) is 0 Å². The number of hydrogen-bond acceptors (Lipinski definition) is 8. The molecular formula is C29H27FN8O2S. The number of carbonyl (C=O) groups is 2. The summed E-state index contributed by atoms with van der Waals surface area (Å²) in [7, 11) is 0. The first-order valence-corrected chi connectivity index (χ1v) is 13.8. The van der Waals surface area contributed by atoms with Crippen molar-refractivity contribution in [1.29, 1.82) is 0 Å². The molecule has 12 heteroatoms. The minimum absolute atomic E-state index is 0.118. The molecule has 10 nitrogen and oxygen atoms in total. The Bertz CT molecular complexity index is 1860. The van der Waals surface area contributed by atoms with Crippen LogP contribution in [0, 0.1) is 11.2 Å². The first kappa shape index (κ1) is 26.5. The van der Waals surface area contributed by atoms with Crippen LogP contribution in [0.4, 0.5) is 16.0 Å². The summed E-state index contributed by atoms with van der Waals surface area (Å²) in [6.07, 6.45) is 0.330. The van der Waals surface area contributed by atoms with Crippen LogP contribution in [0.1, 0.15) is 42.6 Å². The third-order valence-electron chi connectivity index (χ3n) is 7.54. The van der Waals surface area contributed by atoms with Crippen LogP contribution in [-0.2, 0) is 28.0 Å². The van der Waals surface area contributed by atoms with Gasteiger partial charge in [-0.15, -0.1) is 11.3 Å². The van der Waals surface area contributed by atoms with Crippen LogP contribution in [0.5, 0.6) is 0 Å². The topological polar surface area (TPSA) is 155 Å². The molecule has 6 rings (SSSR count). The molecule has 4 heterocycles. The number of rotatable bonds is 7. The number of carbonyl (C=O) groups excluding carboxylic acids is 2. The van der Waals surface area contributed by atoms with Gasteiger partial charge in [0.05, 0.1) is 23.3 Å². The van der Waals surface area contributed by atoms with Gasteiger partial charge in [-0.1, -0.05) is 50.2 Å². The fourth-order valence-electron chi connectivity index (χ4n) is 5.08. The summed E-state index contributed by atoms with van der Waals surface area (Å²) in [6.45, 7) is 5.44. The van der Waals surface area contributed by atoms with E-state index in [1.54, 1.807) is 43.7 Å². The number of nitrogen functional groups attached to an aromatic ring is 1. The van der Waals surface area contributed by atoms with E-state index < -0.39 is 16.7 Å². The van der Waals surface area contributed by atoms with Crippen LogP contribution >= 0.6 is 11.3 Å². The van der Waals surface area contributed by atoms with Gasteiger partial charge in [-0.25, -0.2) is 19.3 Å². The van der Waals surface area contributed by atoms with Crippen LogP contribution in [0.2, 0.25) is 0 Å². The molecule has 0 saturated heterocycles. The average molecular weight is 571 g/mol. The average Bonchev–Trinajstić information content (AvgIpc) is 3.61. The second kappa shape index (κ2) is 9.44. The van der Waals surface area contributed by atoms with Gasteiger partial charge in [0.1, 0.15) is 33.6 Å². The summed E-state index contributed by atoms with van der Waals surface area (Å²) in [5.74, 6) is -0.462. The number of hydrogen-bond donors (Lipinski definition) is 3. The number of benzene rings is 2. The maximum Gasteiger partial charge on any atom is 0.243 e. The molecule has 0 spiro atoms. The molecule has 1 aliphatic rings. The van der Waals surface area contributed by atoms with Crippen LogP contribution in [-0.4, -0.2) is 36.5 Å². The van der Waals surface area contributed by atoms with E-state index in [1.165, 1.54) is 17.4 Å². The van der Waals surface area contributed by atoms with Gasteiger partial charge in [-0.05, 0) is 19.1 Å². The van der Waals surface area contributed by atoms with Gasteiger partial charge in [0.15, 0.2) is 5.82 Å². The summed E-state index contributed by atoms with van der Waals surface area (Å²) in [5.41, 5.74) is 12.8. The minimum Gasteiger partial charge on any atom is -0.383 e. The number of nitrogens with one attached hydrogen (secondary N) is 1. The van der Waals surface area contributed by atoms with Crippen molar-refractivity contribution in [1.82, 2.24) is 24.7 Å². The first-order valence-electron chi connectivity index (χ1n) is 12.9. The van der Waals surface area contributed by atoms with Crippen molar-refractivity contribution in [2.24, 2.45) is 11.1 Å². The monoisotopic (exact) mass is 570 g/mol.